The molecule has 0 aliphatic heterocycles. The summed E-state index contributed by atoms with van der Waals surface area (Å²) >= 11 is 0. The Morgan fingerprint density at radius 2 is 1.58 bits per heavy atom. The monoisotopic (exact) mass is 166 g/mol. The van der Waals surface area contributed by atoms with Crippen molar-refractivity contribution >= 4 is 0 Å². The number of unbranched alkanes of at least 4 members (excludes halogenated alkanes) is 1. The maximum Gasteiger partial charge on any atom is -0.0320 e. The molecular weight excluding hydrogens is 144 g/mol. The van der Waals surface area contributed by atoms with Crippen LogP contribution in [0.15, 0.2) is 11.6 Å². The predicted octanol–water partition coefficient (Wildman–Crippen LogP) is 4.46. The Kier molecular flexibility index (Phi) is 5.14. The smallest absolute Gasteiger partial charge is 0.0320 e. The van der Waals surface area contributed by atoms with Crippen LogP contribution in [0.25, 0.3) is 0 Å². The van der Waals surface area contributed by atoms with E-state index in [0.29, 0.717) is 0 Å². The van der Waals surface area contributed by atoms with Gasteiger partial charge in [-0.2, -0.15) is 0 Å². The lowest BCUT2D eigenvalue weighted by Crippen LogP contribution is -1.91. The minimum atomic E-state index is 1.30. The largest absolute Gasteiger partial charge is 0.0853 e. The molecule has 0 saturated heterocycles. The van der Waals surface area contributed by atoms with Crippen LogP contribution in [-0.4, -0.2) is 0 Å². The van der Waals surface area contributed by atoms with Crippen molar-refractivity contribution in [1.82, 2.24) is 0 Å². The highest BCUT2D eigenvalue weighted by atomic mass is 14.1. The zero-order chi connectivity index (χ0) is 8.65. The number of rotatable bonds is 2. The molecule has 0 nitrogen and oxygen atoms in total. The first-order valence-electron chi connectivity index (χ1n) is 5.61. The Balaban J connectivity index is 2.28. The Hall–Kier alpha value is -0.260. The van der Waals surface area contributed by atoms with Gasteiger partial charge in [0.25, 0.3) is 0 Å². The zero-order valence-corrected chi connectivity index (χ0v) is 8.44. The molecular formula is C12H22. The molecule has 0 amide bonds. The van der Waals surface area contributed by atoms with Gasteiger partial charge in [0.1, 0.15) is 0 Å². The van der Waals surface area contributed by atoms with Crippen LogP contribution >= 0.6 is 0 Å². The predicted molar refractivity (Wildman–Crippen MR) is 55.3 cm³/mol. The first kappa shape index (κ1) is 9.83. The van der Waals surface area contributed by atoms with E-state index in [9.17, 15) is 0 Å². The third-order valence-electron chi connectivity index (χ3n) is 2.72. The normalized spacial score (nSPS) is 19.9. The molecule has 0 aromatic carbocycles. The first-order chi connectivity index (χ1) is 5.93. The standard InChI is InChI=1S/C12H22/c1-2-3-9-12-10-7-5-4-6-8-11-12/h9H,2-8,10-11H2,1H3. The molecule has 70 valence electrons. The molecule has 1 aliphatic carbocycles. The van der Waals surface area contributed by atoms with Crippen LogP contribution in [0.1, 0.15) is 64.7 Å². The van der Waals surface area contributed by atoms with Crippen LogP contribution in [0.4, 0.5) is 0 Å². The average molecular weight is 166 g/mol. The van der Waals surface area contributed by atoms with Crippen molar-refractivity contribution in [3.8, 4) is 0 Å². The fourth-order valence-corrected chi connectivity index (χ4v) is 1.91. The molecule has 0 bridgehead atoms. The topological polar surface area (TPSA) is 0 Å². The molecule has 1 aliphatic rings. The van der Waals surface area contributed by atoms with Crippen LogP contribution in [0.2, 0.25) is 0 Å². The maximum absolute atomic E-state index is 2.49. The summed E-state index contributed by atoms with van der Waals surface area (Å²) in [5, 5.41) is 0. The Labute approximate surface area is 77.1 Å². The van der Waals surface area contributed by atoms with Crippen molar-refractivity contribution in [2.24, 2.45) is 0 Å². The van der Waals surface area contributed by atoms with Gasteiger partial charge in [-0.1, -0.05) is 44.3 Å². The van der Waals surface area contributed by atoms with Crippen molar-refractivity contribution < 1.29 is 0 Å². The number of hydrogen-bond donors (Lipinski definition) is 0. The van der Waals surface area contributed by atoms with Gasteiger partial charge in [-0.15, -0.1) is 0 Å². The summed E-state index contributed by atoms with van der Waals surface area (Å²) in [5.74, 6) is 0. The Bertz CT molecular complexity index is 123. The van der Waals surface area contributed by atoms with Gasteiger partial charge in [0.05, 0.1) is 0 Å². The van der Waals surface area contributed by atoms with Gasteiger partial charge in [0, 0.05) is 0 Å². The summed E-state index contributed by atoms with van der Waals surface area (Å²) < 4.78 is 0. The van der Waals surface area contributed by atoms with Crippen molar-refractivity contribution in [3.05, 3.63) is 11.6 Å². The van der Waals surface area contributed by atoms with Gasteiger partial charge in [-0.3, -0.25) is 0 Å². The van der Waals surface area contributed by atoms with Crippen LogP contribution in [0.5, 0.6) is 0 Å². The molecule has 0 spiro atoms. The van der Waals surface area contributed by atoms with Gasteiger partial charge in [0.2, 0.25) is 0 Å². The molecule has 0 atom stereocenters. The molecule has 0 heterocycles. The second-order valence-corrected chi connectivity index (χ2v) is 3.92. The quantitative estimate of drug-likeness (QED) is 0.531. The Morgan fingerprint density at radius 3 is 2.17 bits per heavy atom. The van der Waals surface area contributed by atoms with E-state index in [0.717, 1.165) is 0 Å². The second-order valence-electron chi connectivity index (χ2n) is 3.92. The highest BCUT2D eigenvalue weighted by Gasteiger charge is 2.01. The molecule has 0 aromatic rings. The van der Waals surface area contributed by atoms with E-state index in [-0.39, 0.29) is 0 Å². The van der Waals surface area contributed by atoms with Gasteiger partial charge in [-0.05, 0) is 32.1 Å². The van der Waals surface area contributed by atoms with Gasteiger partial charge >= 0.3 is 0 Å². The molecule has 0 N–H and O–H groups in total. The average Bonchev–Trinajstić information content (AvgIpc) is 2.02. The van der Waals surface area contributed by atoms with Crippen LogP contribution in [0.3, 0.4) is 0 Å². The number of hydrogen-bond acceptors (Lipinski definition) is 0. The molecule has 0 aromatic heterocycles. The van der Waals surface area contributed by atoms with Gasteiger partial charge < -0.3 is 0 Å². The van der Waals surface area contributed by atoms with E-state index in [2.05, 4.69) is 13.0 Å². The fourth-order valence-electron chi connectivity index (χ4n) is 1.91. The third-order valence-corrected chi connectivity index (χ3v) is 2.72. The zero-order valence-electron chi connectivity index (χ0n) is 8.44. The van der Waals surface area contributed by atoms with Crippen LogP contribution in [0, 0.1) is 0 Å². The van der Waals surface area contributed by atoms with Crippen molar-refractivity contribution in [3.63, 3.8) is 0 Å². The molecule has 0 heteroatoms. The van der Waals surface area contributed by atoms with E-state index in [1.54, 1.807) is 5.57 Å². The second kappa shape index (κ2) is 6.28. The molecule has 0 unspecified atom stereocenters. The summed E-state index contributed by atoms with van der Waals surface area (Å²) in [6, 6.07) is 0. The van der Waals surface area contributed by atoms with Crippen LogP contribution in [-0.2, 0) is 0 Å². The molecule has 0 radical (unpaired) electrons. The molecule has 1 fully saturated rings. The highest BCUT2D eigenvalue weighted by Crippen LogP contribution is 2.21. The van der Waals surface area contributed by atoms with Crippen LogP contribution < -0.4 is 0 Å². The summed E-state index contributed by atoms with van der Waals surface area (Å²) in [4.78, 5) is 0. The molecule has 12 heavy (non-hydrogen) atoms. The third kappa shape index (κ3) is 3.94. The van der Waals surface area contributed by atoms with E-state index in [1.807, 2.05) is 0 Å². The SMILES string of the molecule is CCCC=C1CCCCCCC1. The summed E-state index contributed by atoms with van der Waals surface area (Å²) in [7, 11) is 0. The lowest BCUT2D eigenvalue weighted by molar-refractivity contribution is 0.566. The van der Waals surface area contributed by atoms with Crippen molar-refractivity contribution in [2.45, 2.75) is 64.7 Å². The van der Waals surface area contributed by atoms with Gasteiger partial charge in [0.15, 0.2) is 0 Å². The van der Waals surface area contributed by atoms with E-state index in [4.69, 9.17) is 0 Å². The first-order valence-corrected chi connectivity index (χ1v) is 5.61. The van der Waals surface area contributed by atoms with Crippen molar-refractivity contribution in [1.29, 1.82) is 0 Å². The van der Waals surface area contributed by atoms with Gasteiger partial charge in [-0.25, -0.2) is 0 Å². The lowest BCUT2D eigenvalue weighted by Gasteiger charge is -2.11. The minimum Gasteiger partial charge on any atom is -0.0853 e. The Morgan fingerprint density at radius 1 is 1.00 bits per heavy atom. The summed E-state index contributed by atoms with van der Waals surface area (Å²) in [6.07, 6.45) is 15.2. The number of allylic oxidation sites excluding steroid dienone is 2. The minimum absolute atomic E-state index is 1.30. The highest BCUT2D eigenvalue weighted by molar-refractivity contribution is 5.02. The molecule has 1 saturated carbocycles. The van der Waals surface area contributed by atoms with Crippen molar-refractivity contribution in [2.75, 3.05) is 0 Å². The molecule has 1 rings (SSSR count). The van der Waals surface area contributed by atoms with E-state index >= 15 is 0 Å². The summed E-state index contributed by atoms with van der Waals surface area (Å²) in [6.45, 7) is 2.26. The summed E-state index contributed by atoms with van der Waals surface area (Å²) in [5.41, 5.74) is 1.75. The van der Waals surface area contributed by atoms with E-state index in [1.165, 1.54) is 57.8 Å². The fraction of sp³-hybridized carbons (Fsp3) is 0.833. The maximum atomic E-state index is 2.49. The van der Waals surface area contributed by atoms with E-state index < -0.39 is 0 Å². The lowest BCUT2D eigenvalue weighted by atomic mass is 9.95.